The monoisotopic (exact) mass is 303 g/mol. The summed E-state index contributed by atoms with van der Waals surface area (Å²) in [6, 6.07) is 0.281. The van der Waals surface area contributed by atoms with Crippen LogP contribution in [0.3, 0.4) is 0 Å². The molecule has 20 heavy (non-hydrogen) atoms. The van der Waals surface area contributed by atoms with Gasteiger partial charge in [-0.2, -0.15) is 0 Å². The second-order valence-corrected chi connectivity index (χ2v) is 12.1. The zero-order valence-electron chi connectivity index (χ0n) is 13.6. The summed E-state index contributed by atoms with van der Waals surface area (Å²) in [6.07, 6.45) is 0.00375. The molecule has 0 saturated heterocycles. The minimum atomic E-state index is -1.22. The molecule has 0 rings (SSSR count). The van der Waals surface area contributed by atoms with Gasteiger partial charge in [0.25, 0.3) is 0 Å². The molecule has 0 spiro atoms. The maximum Gasteiger partial charge on any atom is 0.407 e. The lowest BCUT2D eigenvalue weighted by Gasteiger charge is -2.20. The molecule has 0 aromatic carbocycles. The summed E-state index contributed by atoms with van der Waals surface area (Å²) in [6.45, 7) is 13.1. The van der Waals surface area contributed by atoms with Crippen LogP contribution in [0.4, 0.5) is 4.79 Å². The van der Waals surface area contributed by atoms with E-state index in [0.29, 0.717) is 19.6 Å². The topological polar surface area (TPSA) is 64.6 Å². The van der Waals surface area contributed by atoms with Gasteiger partial charge in [0.15, 0.2) is 0 Å². The van der Waals surface area contributed by atoms with Gasteiger partial charge in [-0.1, -0.05) is 33.5 Å². The van der Waals surface area contributed by atoms with Crippen LogP contribution in [0.15, 0.2) is 0 Å². The van der Waals surface area contributed by atoms with Crippen LogP contribution >= 0.6 is 0 Å². The number of hydrogen-bond acceptors (Lipinski definition) is 4. The van der Waals surface area contributed by atoms with Crippen LogP contribution in [-0.2, 0) is 14.3 Å². The molecule has 0 bridgehead atoms. The van der Waals surface area contributed by atoms with Crippen LogP contribution in [0.1, 0.15) is 27.2 Å². The van der Waals surface area contributed by atoms with Gasteiger partial charge < -0.3 is 14.8 Å². The lowest BCUT2D eigenvalue weighted by atomic mass is 10.0. The van der Waals surface area contributed by atoms with E-state index >= 15 is 0 Å². The number of rotatable bonds is 8. The first kappa shape index (κ1) is 19.0. The molecule has 0 aliphatic carbocycles. The predicted octanol–water partition coefficient (Wildman–Crippen LogP) is 3.03. The Morgan fingerprint density at radius 2 is 1.75 bits per heavy atom. The lowest BCUT2D eigenvalue weighted by molar-refractivity contribution is -0.146. The molecule has 1 atom stereocenters. The van der Waals surface area contributed by atoms with E-state index < -0.39 is 26.2 Å². The van der Waals surface area contributed by atoms with Crippen molar-refractivity contribution in [2.24, 2.45) is 5.92 Å². The number of ether oxygens (including phenoxy) is 2. The number of carbonyl (C=O) groups excluding carboxylic acids is 2. The van der Waals surface area contributed by atoms with Crippen LogP contribution in [0.25, 0.3) is 0 Å². The Balaban J connectivity index is 4.28. The molecule has 0 aliphatic heterocycles. The van der Waals surface area contributed by atoms with E-state index in [1.807, 2.05) is 13.8 Å². The van der Waals surface area contributed by atoms with Crippen LogP contribution < -0.4 is 5.32 Å². The number of carbonyl (C=O) groups is 2. The number of amides is 1. The van der Waals surface area contributed by atoms with E-state index in [-0.39, 0.29) is 5.92 Å². The highest BCUT2D eigenvalue weighted by molar-refractivity contribution is 6.76. The molecule has 0 unspecified atom stereocenters. The quantitative estimate of drug-likeness (QED) is 0.553. The van der Waals surface area contributed by atoms with Gasteiger partial charge in [-0.25, -0.2) is 9.59 Å². The summed E-state index contributed by atoms with van der Waals surface area (Å²) in [7, 11) is -1.22. The summed E-state index contributed by atoms with van der Waals surface area (Å²) in [5.74, 6) is -0.116. The highest BCUT2D eigenvalue weighted by Crippen LogP contribution is 2.09. The zero-order chi connectivity index (χ0) is 15.8. The van der Waals surface area contributed by atoms with Crippen molar-refractivity contribution in [3.8, 4) is 0 Å². The summed E-state index contributed by atoms with van der Waals surface area (Å²) >= 11 is 0. The second-order valence-electron chi connectivity index (χ2n) is 6.53. The van der Waals surface area contributed by atoms with Crippen molar-refractivity contribution >= 4 is 20.1 Å². The molecule has 5 nitrogen and oxygen atoms in total. The molecule has 0 aliphatic rings. The van der Waals surface area contributed by atoms with Gasteiger partial charge in [0, 0.05) is 8.07 Å². The standard InChI is InChI=1S/C14H29NO4Si/c1-7-18-13(16)12(10-11(2)3)15-14(17)19-8-9-20(4,5)6/h11-12H,7-10H2,1-6H3,(H,15,17)/t12-/m0/s1. The minimum Gasteiger partial charge on any atom is -0.464 e. The van der Waals surface area contributed by atoms with Crippen LogP contribution in [0.2, 0.25) is 25.7 Å². The van der Waals surface area contributed by atoms with Gasteiger partial charge in [0.2, 0.25) is 0 Å². The first-order valence-electron chi connectivity index (χ1n) is 7.25. The third kappa shape index (κ3) is 9.83. The maximum absolute atomic E-state index is 11.8. The highest BCUT2D eigenvalue weighted by atomic mass is 28.3. The van der Waals surface area contributed by atoms with Gasteiger partial charge in [-0.3, -0.25) is 0 Å². The van der Waals surface area contributed by atoms with Crippen molar-refractivity contribution < 1.29 is 19.1 Å². The molecular weight excluding hydrogens is 274 g/mol. The van der Waals surface area contributed by atoms with Gasteiger partial charge in [-0.15, -0.1) is 0 Å². The number of alkyl carbamates (subject to hydrolysis) is 1. The third-order valence-corrected chi connectivity index (χ3v) is 4.36. The summed E-state index contributed by atoms with van der Waals surface area (Å²) < 4.78 is 10.1. The molecule has 0 saturated carbocycles. The first-order valence-corrected chi connectivity index (χ1v) is 11.0. The Labute approximate surface area is 123 Å². The fraction of sp³-hybridized carbons (Fsp3) is 0.857. The summed E-state index contributed by atoms with van der Waals surface area (Å²) in [5.41, 5.74) is 0. The molecule has 0 radical (unpaired) electrons. The molecule has 118 valence electrons. The van der Waals surface area contributed by atoms with Gasteiger partial charge >= 0.3 is 12.1 Å². The molecule has 1 amide bonds. The smallest absolute Gasteiger partial charge is 0.407 e. The Morgan fingerprint density at radius 1 is 1.15 bits per heavy atom. The number of esters is 1. The van der Waals surface area contributed by atoms with E-state index in [0.717, 1.165) is 6.04 Å². The van der Waals surface area contributed by atoms with E-state index in [1.54, 1.807) is 6.92 Å². The van der Waals surface area contributed by atoms with Gasteiger partial charge in [0.05, 0.1) is 13.2 Å². The van der Waals surface area contributed by atoms with Crippen molar-refractivity contribution in [1.82, 2.24) is 5.32 Å². The van der Waals surface area contributed by atoms with E-state index in [1.165, 1.54) is 0 Å². The van der Waals surface area contributed by atoms with Crippen molar-refractivity contribution in [2.45, 2.75) is 58.9 Å². The Kier molecular flexibility index (Phi) is 8.53. The molecule has 6 heteroatoms. The molecule has 1 N–H and O–H groups in total. The van der Waals surface area contributed by atoms with Crippen LogP contribution in [0.5, 0.6) is 0 Å². The molecule has 0 aromatic heterocycles. The van der Waals surface area contributed by atoms with Crippen LogP contribution in [0, 0.1) is 5.92 Å². The van der Waals surface area contributed by atoms with Crippen LogP contribution in [-0.4, -0.2) is 39.4 Å². The van der Waals surface area contributed by atoms with Crippen molar-refractivity contribution in [2.75, 3.05) is 13.2 Å². The van der Waals surface area contributed by atoms with Crippen molar-refractivity contribution in [3.05, 3.63) is 0 Å². The SMILES string of the molecule is CCOC(=O)[C@H](CC(C)C)NC(=O)OCC[Si](C)(C)C. The zero-order valence-corrected chi connectivity index (χ0v) is 14.6. The van der Waals surface area contributed by atoms with E-state index in [9.17, 15) is 9.59 Å². The average Bonchev–Trinajstić information content (AvgIpc) is 2.25. The largest absolute Gasteiger partial charge is 0.464 e. The predicted molar refractivity (Wildman–Crippen MR) is 82.5 cm³/mol. The fourth-order valence-electron chi connectivity index (χ4n) is 1.56. The molecule has 0 aromatic rings. The lowest BCUT2D eigenvalue weighted by Crippen LogP contribution is -2.43. The van der Waals surface area contributed by atoms with E-state index in [2.05, 4.69) is 25.0 Å². The van der Waals surface area contributed by atoms with E-state index in [4.69, 9.17) is 9.47 Å². The highest BCUT2D eigenvalue weighted by Gasteiger charge is 2.24. The minimum absolute atomic E-state index is 0.284. The second kappa shape index (κ2) is 9.00. The normalized spacial score (nSPS) is 12.9. The summed E-state index contributed by atoms with van der Waals surface area (Å²) in [4.78, 5) is 23.5. The Morgan fingerprint density at radius 3 is 2.20 bits per heavy atom. The third-order valence-electron chi connectivity index (χ3n) is 2.66. The molecule has 0 fully saturated rings. The number of nitrogens with one attached hydrogen (secondary N) is 1. The molecule has 0 heterocycles. The molecular formula is C14H29NO4Si. The first-order chi connectivity index (χ1) is 9.15. The Bertz CT molecular complexity index is 313. The van der Waals surface area contributed by atoms with Gasteiger partial charge in [-0.05, 0) is 25.3 Å². The maximum atomic E-state index is 11.8. The van der Waals surface area contributed by atoms with Crippen molar-refractivity contribution in [3.63, 3.8) is 0 Å². The van der Waals surface area contributed by atoms with Gasteiger partial charge in [0.1, 0.15) is 6.04 Å². The Hall–Kier alpha value is -1.04. The fourth-order valence-corrected chi connectivity index (χ4v) is 2.28. The average molecular weight is 303 g/mol. The number of hydrogen-bond donors (Lipinski definition) is 1. The van der Waals surface area contributed by atoms with Crippen molar-refractivity contribution in [1.29, 1.82) is 0 Å². The summed E-state index contributed by atoms with van der Waals surface area (Å²) in [5, 5.41) is 2.60.